The maximum Gasteiger partial charge on any atom is 0.286 e. The topological polar surface area (TPSA) is 95.0 Å². The molecule has 0 fully saturated rings. The van der Waals surface area contributed by atoms with E-state index in [-0.39, 0.29) is 12.5 Å². The van der Waals surface area contributed by atoms with Gasteiger partial charge in [-0.1, -0.05) is 33.8 Å². The van der Waals surface area contributed by atoms with Crippen molar-refractivity contribution in [1.29, 1.82) is 0 Å². The summed E-state index contributed by atoms with van der Waals surface area (Å²) < 4.78 is 5.48. The van der Waals surface area contributed by atoms with Gasteiger partial charge in [0.05, 0.1) is 5.69 Å². The molecule has 1 aromatic carbocycles. The van der Waals surface area contributed by atoms with E-state index in [1.807, 2.05) is 32.0 Å². The molecule has 1 aliphatic heterocycles. The lowest BCUT2D eigenvalue weighted by Crippen LogP contribution is -2.42. The molecular weight excluding hydrogens is 332 g/mol. The molecule has 2 rings (SSSR count). The first-order valence-corrected chi connectivity index (χ1v) is 9.18. The van der Waals surface area contributed by atoms with E-state index in [1.54, 1.807) is 7.05 Å². The van der Waals surface area contributed by atoms with Gasteiger partial charge in [0.2, 0.25) is 0 Å². The Morgan fingerprint density at radius 1 is 1.38 bits per heavy atom. The fraction of sp³-hybridized carbons (Fsp3) is 0.579. The highest BCUT2D eigenvalue weighted by Crippen LogP contribution is 2.29. The summed E-state index contributed by atoms with van der Waals surface area (Å²) in [6.45, 7) is 9.59. The molecule has 1 heterocycles. The number of amidine groups is 1. The third kappa shape index (κ3) is 6.92. The van der Waals surface area contributed by atoms with Crippen LogP contribution in [0.5, 0.6) is 5.75 Å². The van der Waals surface area contributed by atoms with Crippen LogP contribution in [0.25, 0.3) is 0 Å². The van der Waals surface area contributed by atoms with E-state index in [4.69, 9.17) is 4.74 Å². The Kier molecular flexibility index (Phi) is 9.51. The summed E-state index contributed by atoms with van der Waals surface area (Å²) in [7, 11) is 1.60. The molecule has 4 N–H and O–H groups in total. The van der Waals surface area contributed by atoms with Gasteiger partial charge in [0.25, 0.3) is 5.91 Å². The van der Waals surface area contributed by atoms with Crippen molar-refractivity contribution in [3.05, 3.63) is 23.8 Å². The summed E-state index contributed by atoms with van der Waals surface area (Å²) in [5, 5.41) is 18.3. The number of nitrogens with one attached hydrogen (secondary N) is 3. The molecule has 7 nitrogen and oxygen atoms in total. The molecule has 0 aliphatic carbocycles. The monoisotopic (exact) mass is 364 g/mol. The van der Waals surface area contributed by atoms with Gasteiger partial charge in [-0.15, -0.1) is 0 Å². The third-order valence-corrected chi connectivity index (χ3v) is 3.58. The highest BCUT2D eigenvalue weighted by atomic mass is 16.5. The molecule has 146 valence electrons. The van der Waals surface area contributed by atoms with Gasteiger partial charge in [0.1, 0.15) is 12.4 Å². The number of amides is 1. The number of aliphatic hydroxyl groups excluding tert-OH is 1. The van der Waals surface area contributed by atoms with Gasteiger partial charge >= 0.3 is 0 Å². The fourth-order valence-electron chi connectivity index (χ4n) is 2.32. The van der Waals surface area contributed by atoms with E-state index in [2.05, 4.69) is 34.8 Å². The zero-order valence-electron chi connectivity index (χ0n) is 16.4. The Hall–Kier alpha value is -2.28. The molecule has 0 saturated carbocycles. The van der Waals surface area contributed by atoms with Crippen LogP contribution in [-0.2, 0) is 11.2 Å². The second kappa shape index (κ2) is 11.4. The highest BCUT2D eigenvalue weighted by molar-refractivity contribution is 6.37. The van der Waals surface area contributed by atoms with Crippen molar-refractivity contribution in [2.24, 2.45) is 10.9 Å². The second-order valence-corrected chi connectivity index (χ2v) is 6.15. The molecule has 1 aliphatic rings. The maximum atomic E-state index is 12.1. The predicted molar refractivity (Wildman–Crippen MR) is 106 cm³/mol. The molecule has 1 aromatic rings. The minimum atomic E-state index is -0.673. The molecule has 26 heavy (non-hydrogen) atoms. The van der Waals surface area contributed by atoms with Gasteiger partial charge in [-0.3, -0.25) is 9.79 Å². The number of nitrogens with zero attached hydrogens (tertiary/aromatic N) is 1. The summed E-state index contributed by atoms with van der Waals surface area (Å²) in [4.78, 5) is 16.1. The molecule has 1 amide bonds. The molecule has 0 spiro atoms. The Labute approximate surface area is 156 Å². The van der Waals surface area contributed by atoms with Crippen molar-refractivity contribution in [1.82, 2.24) is 10.6 Å². The predicted octanol–water partition coefficient (Wildman–Crippen LogP) is 1.77. The van der Waals surface area contributed by atoms with Gasteiger partial charge in [0.15, 0.2) is 12.1 Å². The minimum absolute atomic E-state index is 0.197. The van der Waals surface area contributed by atoms with Crippen molar-refractivity contribution in [2.75, 3.05) is 32.1 Å². The molecule has 0 bridgehead atoms. The number of aliphatic imine (C=N–C) groups is 1. The molecule has 0 saturated heterocycles. The standard InChI is InChI=1S/C17H26N4O3.C2H6/c1-11(2)9-20-16(18-3)17(23)19-7-6-12-4-5-13-14(8-12)24-10-15(22)21-13;1-2/h4-5,8,11,15,21-22H,6-7,9-10H2,1-3H3,(H,18,20)(H,19,23);1-2H3/t15-;/m1./s1. The van der Waals surface area contributed by atoms with Crippen molar-refractivity contribution in [2.45, 2.75) is 40.3 Å². The first kappa shape index (κ1) is 21.8. The summed E-state index contributed by atoms with van der Waals surface area (Å²) in [6.07, 6.45) is 0.0132. The van der Waals surface area contributed by atoms with Crippen LogP contribution >= 0.6 is 0 Å². The van der Waals surface area contributed by atoms with E-state index in [9.17, 15) is 9.90 Å². The minimum Gasteiger partial charge on any atom is -0.487 e. The average Bonchev–Trinajstić information content (AvgIpc) is 2.63. The molecular formula is C19H32N4O3. The lowest BCUT2D eigenvalue weighted by atomic mass is 10.1. The van der Waals surface area contributed by atoms with E-state index in [1.165, 1.54) is 0 Å². The number of hydrogen-bond acceptors (Lipinski definition) is 5. The van der Waals surface area contributed by atoms with Crippen molar-refractivity contribution in [3.8, 4) is 5.75 Å². The first-order chi connectivity index (χ1) is 12.5. The lowest BCUT2D eigenvalue weighted by Gasteiger charge is -2.24. The van der Waals surface area contributed by atoms with Crippen molar-refractivity contribution >= 4 is 17.4 Å². The van der Waals surface area contributed by atoms with Crippen LogP contribution < -0.4 is 20.7 Å². The quantitative estimate of drug-likeness (QED) is 0.472. The van der Waals surface area contributed by atoms with Gasteiger partial charge in [-0.25, -0.2) is 0 Å². The van der Waals surface area contributed by atoms with Gasteiger partial charge < -0.3 is 25.8 Å². The van der Waals surface area contributed by atoms with Crippen LogP contribution in [0.3, 0.4) is 0 Å². The number of fused-ring (bicyclic) bond motifs is 1. The number of rotatable bonds is 5. The second-order valence-electron chi connectivity index (χ2n) is 6.15. The van der Waals surface area contributed by atoms with Crippen LogP contribution in [0.4, 0.5) is 5.69 Å². The van der Waals surface area contributed by atoms with Gasteiger partial charge in [-0.05, 0) is 30.0 Å². The van der Waals surface area contributed by atoms with Crippen LogP contribution in [0.2, 0.25) is 0 Å². The molecule has 0 radical (unpaired) electrons. The molecule has 0 unspecified atom stereocenters. The number of aliphatic hydroxyl groups is 1. The van der Waals surface area contributed by atoms with Crippen LogP contribution in [0.1, 0.15) is 33.3 Å². The Balaban J connectivity index is 0.00000163. The lowest BCUT2D eigenvalue weighted by molar-refractivity contribution is -0.115. The van der Waals surface area contributed by atoms with Crippen molar-refractivity contribution in [3.63, 3.8) is 0 Å². The fourth-order valence-corrected chi connectivity index (χ4v) is 2.32. The summed E-state index contributed by atoms with van der Waals surface area (Å²) in [5.74, 6) is 1.32. The Morgan fingerprint density at radius 3 is 2.77 bits per heavy atom. The highest BCUT2D eigenvalue weighted by Gasteiger charge is 2.16. The summed E-state index contributed by atoms with van der Waals surface area (Å²) in [6, 6.07) is 5.75. The number of ether oxygens (including phenoxy) is 1. The Morgan fingerprint density at radius 2 is 2.12 bits per heavy atom. The van der Waals surface area contributed by atoms with Crippen LogP contribution in [0.15, 0.2) is 23.2 Å². The average molecular weight is 364 g/mol. The normalized spacial score (nSPS) is 15.8. The molecule has 0 aromatic heterocycles. The zero-order valence-corrected chi connectivity index (χ0v) is 16.4. The molecule has 1 atom stereocenters. The van der Waals surface area contributed by atoms with E-state index in [0.717, 1.165) is 17.0 Å². The number of benzene rings is 1. The summed E-state index contributed by atoms with van der Waals surface area (Å²) in [5.41, 5.74) is 1.83. The van der Waals surface area contributed by atoms with Crippen LogP contribution in [0, 0.1) is 5.92 Å². The first-order valence-electron chi connectivity index (χ1n) is 9.18. The third-order valence-electron chi connectivity index (χ3n) is 3.58. The van der Waals surface area contributed by atoms with E-state index in [0.29, 0.717) is 31.3 Å². The SMILES string of the molecule is CC.CN=C(NCC(C)C)C(=O)NCCc1ccc2c(c1)OC[C@@H](O)N2. The van der Waals surface area contributed by atoms with Gasteiger partial charge in [-0.2, -0.15) is 0 Å². The zero-order chi connectivity index (χ0) is 19.5. The smallest absolute Gasteiger partial charge is 0.286 e. The number of carbonyl (C=O) groups is 1. The summed E-state index contributed by atoms with van der Waals surface area (Å²) >= 11 is 0. The Bertz CT molecular complexity index is 602. The van der Waals surface area contributed by atoms with E-state index >= 15 is 0 Å². The number of anilines is 1. The van der Waals surface area contributed by atoms with Crippen molar-refractivity contribution < 1.29 is 14.6 Å². The largest absolute Gasteiger partial charge is 0.487 e. The molecule has 7 heteroatoms. The van der Waals surface area contributed by atoms with Gasteiger partial charge in [0, 0.05) is 20.1 Å². The van der Waals surface area contributed by atoms with E-state index < -0.39 is 6.23 Å². The maximum absolute atomic E-state index is 12.1. The number of hydrogen-bond donors (Lipinski definition) is 4. The van der Waals surface area contributed by atoms with Crippen LogP contribution in [-0.4, -0.2) is 49.8 Å². The number of carbonyl (C=O) groups excluding carboxylic acids is 1.